The first-order valence-corrected chi connectivity index (χ1v) is 21.5. The minimum atomic E-state index is -5.52. The van der Waals surface area contributed by atoms with Gasteiger partial charge in [-0.1, -0.05) is 29.8 Å². The van der Waals surface area contributed by atoms with Crippen molar-refractivity contribution in [2.45, 2.75) is 67.9 Å². The number of amides is 1. The fourth-order valence-electron chi connectivity index (χ4n) is 6.76. The van der Waals surface area contributed by atoms with Crippen LogP contribution in [-0.4, -0.2) is 138 Å². The number of para-hydroxylation sites is 1. The van der Waals surface area contributed by atoms with Gasteiger partial charge in [0.25, 0.3) is 0 Å². The van der Waals surface area contributed by atoms with Crippen molar-refractivity contribution < 1.29 is 76.5 Å². The molecule has 1 aromatic carbocycles. The summed E-state index contributed by atoms with van der Waals surface area (Å²) in [6.07, 6.45) is -8.26. The molecule has 0 bridgehead atoms. The predicted octanol–water partition coefficient (Wildman–Crippen LogP) is -0.275. The van der Waals surface area contributed by atoms with E-state index < -0.39 is 108 Å². The average Bonchev–Trinajstić information content (AvgIpc) is 3.87. The number of nitrogens with zero attached hydrogens (tertiary/aromatic N) is 7. The molecule has 2 aliphatic heterocycles. The van der Waals surface area contributed by atoms with Gasteiger partial charge in [0.15, 0.2) is 30.0 Å². The van der Waals surface area contributed by atoms with Crippen molar-refractivity contribution in [3.8, 4) is 5.75 Å². The van der Waals surface area contributed by atoms with Gasteiger partial charge in [-0.3, -0.25) is 27.5 Å². The van der Waals surface area contributed by atoms with E-state index in [0.29, 0.717) is 0 Å². The number of allylic oxidation sites excluding steroid dienone is 1. The summed E-state index contributed by atoms with van der Waals surface area (Å²) in [6.45, 7) is 0.763. The second-order valence-corrected chi connectivity index (χ2v) is 16.6. The van der Waals surface area contributed by atoms with Crippen LogP contribution >= 0.6 is 27.2 Å². The zero-order valence-electron chi connectivity index (χ0n) is 31.9. The van der Waals surface area contributed by atoms with E-state index >= 15 is 0 Å². The third-order valence-electron chi connectivity index (χ3n) is 9.52. The first-order chi connectivity index (χ1) is 29.3. The van der Waals surface area contributed by atoms with Gasteiger partial charge in [0, 0.05) is 12.6 Å². The number of nitrogen functional groups attached to an aromatic ring is 2. The molecule has 336 valence electrons. The normalized spacial score (nSPS) is 25.3. The number of phosphoric ester groups is 2. The molecule has 29 heteroatoms. The Morgan fingerprint density at radius 1 is 1.00 bits per heavy atom. The molecule has 10 atom stereocenters. The monoisotopic (exact) mass is 931 g/mol. The van der Waals surface area contributed by atoms with Gasteiger partial charge in [-0.2, -0.15) is 4.98 Å². The summed E-state index contributed by atoms with van der Waals surface area (Å²) in [5.41, 5.74) is 10.6. The number of ether oxygens (including phenoxy) is 3. The lowest BCUT2D eigenvalue weighted by atomic mass is 10.0. The first kappa shape index (κ1) is 46.6. The van der Waals surface area contributed by atoms with Crippen molar-refractivity contribution in [1.29, 1.82) is 0 Å². The number of fused-ring (bicyclic) bond motifs is 1. The number of rotatable bonds is 19. The molecule has 4 aromatic rings. The summed E-state index contributed by atoms with van der Waals surface area (Å²) >= 11 is 6.24. The SMILES string of the molecule is C=CCCC(=O)N(C1C(COP(=O)(O)O[C@H]2[C@@H](O)[C@H](n3ccc(N)nc3=O)O[C@@H]2COP(=O)(O)O)OC(n2cnc3c(N)ncnc32)C1O)[C@H](COc1ccccc1Cl)C(=O)O. The van der Waals surface area contributed by atoms with Gasteiger partial charge in [0.1, 0.15) is 60.5 Å². The molecule has 3 aromatic heterocycles. The number of anilines is 2. The molecule has 6 rings (SSSR count). The standard InChI is InChI=1S/C33H40ClN9O17P2/c1-2-3-8-22(44)43(17(32(47)48)11-55-18-7-5-4-6-16(18)34)24-19(58-30(25(24)45)42-15-39-23-28(36)37-14-38-29(23)42)12-57-62(53,54)60-27-20(13-56-61(50,51)52)59-31(26(27)46)41-10-9-21(35)40-33(41)49/h2,4-7,9-10,14-15,17,19-20,24-27,30-31,45-46H,1,3,8,11-13H2,(H,47,48)(H,53,54)(H2,35,40,49)(H2,36,37,38)(H2,50,51,52)/t17-,19?,20-,24?,25?,26-,27-,30?,31-/m1/s1. The van der Waals surface area contributed by atoms with Crippen LogP contribution in [0.5, 0.6) is 5.75 Å². The van der Waals surface area contributed by atoms with Crippen LogP contribution in [0.2, 0.25) is 5.02 Å². The van der Waals surface area contributed by atoms with Crippen LogP contribution in [0.4, 0.5) is 11.6 Å². The van der Waals surface area contributed by atoms with E-state index in [9.17, 15) is 53.5 Å². The number of nitrogens with two attached hydrogens (primary N) is 2. The molecular weight excluding hydrogens is 892 g/mol. The van der Waals surface area contributed by atoms with Gasteiger partial charge in [0.05, 0.1) is 30.6 Å². The number of carboxylic acid groups (broad SMARTS) is 1. The van der Waals surface area contributed by atoms with E-state index in [2.05, 4.69) is 31.0 Å². The number of imidazole rings is 1. The number of halogens is 1. The molecule has 2 aliphatic rings. The molecule has 62 heavy (non-hydrogen) atoms. The molecule has 5 unspecified atom stereocenters. The Balaban J connectivity index is 1.34. The van der Waals surface area contributed by atoms with E-state index in [1.54, 1.807) is 12.1 Å². The topological polar surface area (TPSA) is 379 Å². The molecule has 0 saturated carbocycles. The highest BCUT2D eigenvalue weighted by Crippen LogP contribution is 2.50. The lowest BCUT2D eigenvalue weighted by molar-refractivity contribution is -0.157. The fraction of sp³-hybridized carbons (Fsp3) is 0.424. The van der Waals surface area contributed by atoms with Crippen molar-refractivity contribution in [2.24, 2.45) is 0 Å². The Bertz CT molecular complexity index is 2440. The van der Waals surface area contributed by atoms with E-state index in [-0.39, 0.29) is 46.4 Å². The number of carbonyl (C=O) groups excluding carboxylic acids is 1. The number of aliphatic carboxylic acids is 1. The number of aliphatic hydroxyl groups excluding tert-OH is 2. The third-order valence-corrected chi connectivity index (χ3v) is 11.3. The Morgan fingerprint density at radius 3 is 2.37 bits per heavy atom. The summed E-state index contributed by atoms with van der Waals surface area (Å²) in [4.78, 5) is 85.9. The molecule has 0 aliphatic carbocycles. The summed E-state index contributed by atoms with van der Waals surface area (Å²) in [5, 5.41) is 33.9. The lowest BCUT2D eigenvalue weighted by Crippen LogP contribution is -2.59. The van der Waals surface area contributed by atoms with Crippen LogP contribution in [0, 0.1) is 0 Å². The Hall–Kier alpha value is -4.92. The van der Waals surface area contributed by atoms with Crippen molar-refractivity contribution in [3.63, 3.8) is 0 Å². The molecule has 10 N–H and O–H groups in total. The number of hydrogen-bond donors (Lipinski definition) is 8. The van der Waals surface area contributed by atoms with Gasteiger partial charge >= 0.3 is 27.3 Å². The summed E-state index contributed by atoms with van der Waals surface area (Å²) < 4.78 is 59.8. The van der Waals surface area contributed by atoms with Crippen LogP contribution in [0.15, 0.2) is 66.6 Å². The zero-order valence-corrected chi connectivity index (χ0v) is 34.4. The number of hydrogen-bond acceptors (Lipinski definition) is 19. The molecule has 26 nitrogen and oxygen atoms in total. The quantitative estimate of drug-likeness (QED) is 0.0443. The molecule has 2 saturated heterocycles. The smallest absolute Gasteiger partial charge is 0.472 e. The molecule has 0 spiro atoms. The Labute approximate surface area is 354 Å². The van der Waals surface area contributed by atoms with Crippen LogP contribution in [0.25, 0.3) is 11.2 Å². The average molecular weight is 932 g/mol. The van der Waals surface area contributed by atoms with E-state index in [1.807, 2.05) is 0 Å². The highest BCUT2D eigenvalue weighted by Gasteiger charge is 2.54. The van der Waals surface area contributed by atoms with E-state index in [0.717, 1.165) is 28.1 Å². The van der Waals surface area contributed by atoms with E-state index in [4.69, 9.17) is 46.3 Å². The predicted molar refractivity (Wildman–Crippen MR) is 210 cm³/mol. The lowest BCUT2D eigenvalue weighted by Gasteiger charge is -2.37. The second-order valence-electron chi connectivity index (χ2n) is 13.6. The van der Waals surface area contributed by atoms with Crippen LogP contribution in [0.1, 0.15) is 25.3 Å². The van der Waals surface area contributed by atoms with Gasteiger partial charge in [0.2, 0.25) is 5.91 Å². The molecule has 0 radical (unpaired) electrons. The maximum Gasteiger partial charge on any atom is 0.472 e. The van der Waals surface area contributed by atoms with Gasteiger partial charge < -0.3 is 60.6 Å². The maximum absolute atomic E-state index is 14.1. The molecular formula is C33H40ClN9O17P2. The number of aromatic nitrogens is 6. The molecule has 2 fully saturated rings. The highest BCUT2D eigenvalue weighted by molar-refractivity contribution is 7.47. The number of benzene rings is 1. The van der Waals surface area contributed by atoms with Crippen molar-refractivity contribution in [2.75, 3.05) is 31.3 Å². The minimum absolute atomic E-state index is 0.0307. The van der Waals surface area contributed by atoms with Gasteiger partial charge in [-0.25, -0.2) is 33.7 Å². The van der Waals surface area contributed by atoms with Crippen LogP contribution < -0.4 is 21.9 Å². The first-order valence-electron chi connectivity index (χ1n) is 18.1. The number of carbonyl (C=O) groups is 2. The summed E-state index contributed by atoms with van der Waals surface area (Å²) in [7, 11) is -10.7. The Morgan fingerprint density at radius 2 is 1.69 bits per heavy atom. The molecule has 5 heterocycles. The number of phosphoric acid groups is 2. The largest absolute Gasteiger partial charge is 0.489 e. The Kier molecular flexibility index (Phi) is 14.4. The molecule has 1 amide bonds. The highest BCUT2D eigenvalue weighted by atomic mass is 35.5. The van der Waals surface area contributed by atoms with Gasteiger partial charge in [-0.15, -0.1) is 6.58 Å². The second kappa shape index (κ2) is 19.2. The van der Waals surface area contributed by atoms with Gasteiger partial charge in [-0.05, 0) is 24.6 Å². The minimum Gasteiger partial charge on any atom is -0.489 e. The summed E-state index contributed by atoms with van der Waals surface area (Å²) in [6, 6.07) is 3.63. The van der Waals surface area contributed by atoms with Crippen LogP contribution in [0.3, 0.4) is 0 Å². The number of carboxylic acids is 1. The zero-order chi connectivity index (χ0) is 45.1. The van der Waals surface area contributed by atoms with E-state index in [1.165, 1.54) is 29.1 Å². The van der Waals surface area contributed by atoms with Crippen molar-refractivity contribution in [1.82, 2.24) is 34.0 Å². The fourth-order valence-corrected chi connectivity index (χ4v) is 8.25. The van der Waals surface area contributed by atoms with Crippen LogP contribution in [-0.2, 0) is 41.8 Å². The van der Waals surface area contributed by atoms with Crippen molar-refractivity contribution in [3.05, 3.63) is 77.3 Å². The third kappa shape index (κ3) is 10.5. The summed E-state index contributed by atoms with van der Waals surface area (Å²) in [5.74, 6) is -2.66. The van der Waals surface area contributed by atoms with Crippen molar-refractivity contribution >= 4 is 61.9 Å². The number of aliphatic hydroxyl groups is 2. The maximum atomic E-state index is 14.1.